The molecule has 5 rings (SSSR count). The van der Waals surface area contributed by atoms with Gasteiger partial charge in [0.15, 0.2) is 16.9 Å². The quantitative estimate of drug-likeness (QED) is 0.571. The smallest absolute Gasteiger partial charge is 0.290 e. The fourth-order valence-electron chi connectivity index (χ4n) is 4.64. The lowest BCUT2D eigenvalue weighted by Gasteiger charge is -2.31. The lowest BCUT2D eigenvalue weighted by Crippen LogP contribution is -2.42. The Labute approximate surface area is 191 Å². The Kier molecular flexibility index (Phi) is 5.78. The summed E-state index contributed by atoms with van der Waals surface area (Å²) in [6.45, 7) is 4.13. The molecule has 0 N–H and O–H groups in total. The van der Waals surface area contributed by atoms with Crippen LogP contribution in [0.5, 0.6) is 11.5 Å². The number of carbonyl (C=O) groups is 1. The van der Waals surface area contributed by atoms with Crippen LogP contribution >= 0.6 is 0 Å². The minimum Gasteiger partial charge on any atom is -0.493 e. The highest BCUT2D eigenvalue weighted by Crippen LogP contribution is 2.40. The first kappa shape index (κ1) is 21.5. The lowest BCUT2D eigenvalue weighted by molar-refractivity contribution is 0.0314. The molecule has 8 heteroatoms. The van der Waals surface area contributed by atoms with Crippen LogP contribution < -0.4 is 14.9 Å². The Morgan fingerprint density at radius 1 is 0.970 bits per heavy atom. The van der Waals surface area contributed by atoms with E-state index in [1.165, 1.54) is 0 Å². The first-order valence-electron chi connectivity index (χ1n) is 11.0. The van der Waals surface area contributed by atoms with E-state index in [0.717, 1.165) is 18.7 Å². The first-order valence-corrected chi connectivity index (χ1v) is 11.0. The molecule has 2 aromatic carbocycles. The Hall–Kier alpha value is -3.36. The summed E-state index contributed by atoms with van der Waals surface area (Å²) < 4.78 is 22.3. The van der Waals surface area contributed by atoms with Crippen LogP contribution in [0.15, 0.2) is 51.7 Å². The Morgan fingerprint density at radius 3 is 2.48 bits per heavy atom. The predicted molar refractivity (Wildman–Crippen MR) is 122 cm³/mol. The third kappa shape index (κ3) is 3.75. The first-order chi connectivity index (χ1) is 16.1. The van der Waals surface area contributed by atoms with E-state index in [0.29, 0.717) is 54.3 Å². The van der Waals surface area contributed by atoms with Gasteiger partial charge in [0, 0.05) is 26.2 Å². The SMILES string of the molecule is COc1ccc([C@@H]2c3c(oc4ccccc4c3=O)C(=O)N2CCN2CCOCC2)cc1OC. The number of carbonyl (C=O) groups excluding carboxylic acids is 1. The fraction of sp³-hybridized carbons (Fsp3) is 0.360. The van der Waals surface area contributed by atoms with E-state index in [9.17, 15) is 9.59 Å². The number of benzene rings is 2. The molecule has 1 saturated heterocycles. The van der Waals surface area contributed by atoms with Crippen molar-refractivity contribution in [2.75, 3.05) is 53.6 Å². The number of para-hydroxylation sites is 1. The molecular formula is C25H26N2O6. The molecule has 1 aromatic heterocycles. The number of hydrogen-bond acceptors (Lipinski definition) is 7. The topological polar surface area (TPSA) is 81.5 Å². The minimum absolute atomic E-state index is 0.112. The summed E-state index contributed by atoms with van der Waals surface area (Å²) in [6, 6.07) is 11.9. The summed E-state index contributed by atoms with van der Waals surface area (Å²) in [5.41, 5.74) is 1.36. The van der Waals surface area contributed by atoms with Gasteiger partial charge in [0.1, 0.15) is 5.58 Å². The third-order valence-corrected chi connectivity index (χ3v) is 6.36. The van der Waals surface area contributed by atoms with Crippen molar-refractivity contribution in [2.45, 2.75) is 6.04 Å². The molecule has 0 radical (unpaired) electrons. The van der Waals surface area contributed by atoms with Gasteiger partial charge in [-0.3, -0.25) is 14.5 Å². The summed E-state index contributed by atoms with van der Waals surface area (Å²) in [5, 5.41) is 0.463. The van der Waals surface area contributed by atoms with Crippen molar-refractivity contribution in [1.82, 2.24) is 9.80 Å². The van der Waals surface area contributed by atoms with Crippen LogP contribution in [-0.2, 0) is 4.74 Å². The molecular weight excluding hydrogens is 424 g/mol. The molecule has 3 heterocycles. The molecule has 0 unspecified atom stereocenters. The molecule has 8 nitrogen and oxygen atoms in total. The standard InChI is InChI=1S/C25H26N2O6/c1-30-19-8-7-16(15-20(19)31-2)22-21-23(28)17-5-3-4-6-18(17)33-24(21)25(29)27(22)10-9-26-11-13-32-14-12-26/h3-8,15,22H,9-14H2,1-2H3/t22-/m1/s1. The number of methoxy groups -OCH3 is 2. The van der Waals surface area contributed by atoms with Crippen LogP contribution in [-0.4, -0.2) is 69.3 Å². The second-order valence-electron chi connectivity index (χ2n) is 8.14. The Bertz CT molecular complexity index is 1250. The summed E-state index contributed by atoms with van der Waals surface area (Å²) in [4.78, 5) is 31.1. The maximum atomic E-state index is 13.6. The number of rotatable bonds is 6. The molecule has 0 bridgehead atoms. The van der Waals surface area contributed by atoms with Crippen LogP contribution in [0.3, 0.4) is 0 Å². The number of nitrogens with zero attached hydrogens (tertiary/aromatic N) is 2. The minimum atomic E-state index is -0.575. The van der Waals surface area contributed by atoms with Crippen molar-refractivity contribution < 1.29 is 23.4 Å². The van der Waals surface area contributed by atoms with Crippen molar-refractivity contribution in [3.05, 3.63) is 69.6 Å². The van der Waals surface area contributed by atoms with Gasteiger partial charge in [0.2, 0.25) is 5.76 Å². The molecule has 1 fully saturated rings. The highest BCUT2D eigenvalue weighted by Gasteiger charge is 2.43. The van der Waals surface area contributed by atoms with Gasteiger partial charge in [0.25, 0.3) is 5.91 Å². The molecule has 0 saturated carbocycles. The van der Waals surface area contributed by atoms with E-state index in [2.05, 4.69) is 4.90 Å². The van der Waals surface area contributed by atoms with Crippen molar-refractivity contribution in [3.63, 3.8) is 0 Å². The molecule has 172 valence electrons. The second kappa shape index (κ2) is 8.88. The van der Waals surface area contributed by atoms with Crippen molar-refractivity contribution >= 4 is 16.9 Å². The number of ether oxygens (including phenoxy) is 3. The second-order valence-corrected chi connectivity index (χ2v) is 8.14. The molecule has 1 amide bonds. The van der Waals surface area contributed by atoms with Gasteiger partial charge in [-0.2, -0.15) is 0 Å². The van der Waals surface area contributed by atoms with E-state index in [-0.39, 0.29) is 17.1 Å². The molecule has 2 aliphatic rings. The maximum absolute atomic E-state index is 13.6. The maximum Gasteiger partial charge on any atom is 0.290 e. The van der Waals surface area contributed by atoms with E-state index >= 15 is 0 Å². The predicted octanol–water partition coefficient (Wildman–Crippen LogP) is 2.69. The van der Waals surface area contributed by atoms with Crippen LogP contribution in [0.1, 0.15) is 27.7 Å². The van der Waals surface area contributed by atoms with E-state index in [1.54, 1.807) is 49.5 Å². The zero-order valence-electron chi connectivity index (χ0n) is 18.7. The van der Waals surface area contributed by atoms with Gasteiger partial charge in [-0.1, -0.05) is 18.2 Å². The average molecular weight is 450 g/mol. The molecule has 3 aromatic rings. The largest absolute Gasteiger partial charge is 0.493 e. The highest BCUT2D eigenvalue weighted by molar-refractivity contribution is 5.99. The van der Waals surface area contributed by atoms with Gasteiger partial charge in [-0.05, 0) is 29.8 Å². The Morgan fingerprint density at radius 2 is 1.73 bits per heavy atom. The summed E-state index contributed by atoms with van der Waals surface area (Å²) in [5.74, 6) is 0.951. The zero-order valence-corrected chi connectivity index (χ0v) is 18.7. The summed E-state index contributed by atoms with van der Waals surface area (Å²) in [6.07, 6.45) is 0. The highest BCUT2D eigenvalue weighted by atomic mass is 16.5. The third-order valence-electron chi connectivity index (χ3n) is 6.36. The number of amides is 1. The fourth-order valence-corrected chi connectivity index (χ4v) is 4.64. The molecule has 0 aliphatic carbocycles. The zero-order chi connectivity index (χ0) is 22.9. The van der Waals surface area contributed by atoms with E-state index in [1.807, 2.05) is 12.1 Å². The van der Waals surface area contributed by atoms with Gasteiger partial charge in [-0.25, -0.2) is 0 Å². The number of morpholine rings is 1. The van der Waals surface area contributed by atoms with E-state index in [4.69, 9.17) is 18.6 Å². The molecule has 2 aliphatic heterocycles. The summed E-state index contributed by atoms with van der Waals surface area (Å²) >= 11 is 0. The van der Waals surface area contributed by atoms with Gasteiger partial charge < -0.3 is 23.5 Å². The van der Waals surface area contributed by atoms with Crippen molar-refractivity contribution in [2.24, 2.45) is 0 Å². The van der Waals surface area contributed by atoms with Crippen LogP contribution in [0.25, 0.3) is 11.0 Å². The van der Waals surface area contributed by atoms with Crippen LogP contribution in [0.4, 0.5) is 0 Å². The number of fused-ring (bicyclic) bond motifs is 2. The van der Waals surface area contributed by atoms with Crippen LogP contribution in [0, 0.1) is 0 Å². The van der Waals surface area contributed by atoms with Gasteiger partial charge in [0.05, 0.1) is 44.4 Å². The molecule has 33 heavy (non-hydrogen) atoms. The van der Waals surface area contributed by atoms with Gasteiger partial charge >= 0.3 is 0 Å². The van der Waals surface area contributed by atoms with Crippen LogP contribution in [0.2, 0.25) is 0 Å². The average Bonchev–Trinajstić information content (AvgIpc) is 3.14. The van der Waals surface area contributed by atoms with E-state index < -0.39 is 6.04 Å². The normalized spacial score (nSPS) is 18.5. The van der Waals surface area contributed by atoms with Crippen molar-refractivity contribution in [3.8, 4) is 11.5 Å². The lowest BCUT2D eigenvalue weighted by atomic mass is 9.98. The molecule has 1 atom stereocenters. The monoisotopic (exact) mass is 450 g/mol. The van der Waals surface area contributed by atoms with Gasteiger partial charge in [-0.15, -0.1) is 0 Å². The Balaban J connectivity index is 1.61. The molecule has 0 spiro atoms. The number of hydrogen-bond donors (Lipinski definition) is 0. The van der Waals surface area contributed by atoms with Crippen molar-refractivity contribution in [1.29, 1.82) is 0 Å². The summed E-state index contributed by atoms with van der Waals surface area (Å²) in [7, 11) is 3.13.